The zero-order valence-corrected chi connectivity index (χ0v) is 15.3. The fourth-order valence-corrected chi connectivity index (χ4v) is 3.05. The van der Waals surface area contributed by atoms with Crippen LogP contribution in [-0.2, 0) is 13.1 Å². The van der Waals surface area contributed by atoms with Crippen LogP contribution in [0.3, 0.4) is 0 Å². The van der Waals surface area contributed by atoms with E-state index in [1.807, 2.05) is 24.3 Å². The Hall–Kier alpha value is -2.48. The number of ether oxygens (including phenoxy) is 4. The third-order valence-electron chi connectivity index (χ3n) is 4.49. The number of fused-ring (bicyclic) bond motifs is 2. The van der Waals surface area contributed by atoms with Gasteiger partial charge in [0.1, 0.15) is 0 Å². The summed E-state index contributed by atoms with van der Waals surface area (Å²) < 4.78 is 21.4. The molecule has 0 bridgehead atoms. The maximum Gasteiger partial charge on any atom is 0.231 e. The van der Waals surface area contributed by atoms with E-state index in [0.717, 1.165) is 62.3 Å². The summed E-state index contributed by atoms with van der Waals surface area (Å²) in [7, 11) is 0. The van der Waals surface area contributed by atoms with Crippen LogP contribution in [0.5, 0.6) is 23.0 Å². The minimum absolute atomic E-state index is 0.318. The molecule has 0 saturated carbocycles. The first-order chi connectivity index (χ1) is 13.4. The smallest absolute Gasteiger partial charge is 0.231 e. The minimum atomic E-state index is 0.318. The van der Waals surface area contributed by atoms with Crippen molar-refractivity contribution >= 4 is 0 Å². The summed E-state index contributed by atoms with van der Waals surface area (Å²) in [6.45, 7) is 5.96. The second-order valence-corrected chi connectivity index (χ2v) is 6.48. The highest BCUT2D eigenvalue weighted by molar-refractivity contribution is 5.45. The maximum absolute atomic E-state index is 5.39. The van der Waals surface area contributed by atoms with E-state index in [0.29, 0.717) is 13.6 Å². The van der Waals surface area contributed by atoms with E-state index in [1.165, 1.54) is 11.1 Å². The Morgan fingerprint density at radius 3 is 1.52 bits per heavy atom. The van der Waals surface area contributed by atoms with Crippen LogP contribution in [0, 0.1) is 0 Å². The van der Waals surface area contributed by atoms with E-state index in [4.69, 9.17) is 18.9 Å². The topological polar surface area (TPSA) is 73.0 Å². The van der Waals surface area contributed by atoms with Gasteiger partial charge < -0.3 is 34.9 Å². The Morgan fingerprint density at radius 2 is 1.00 bits per heavy atom. The normalized spacial score (nSPS) is 13.9. The number of hydrogen-bond donors (Lipinski definition) is 3. The highest BCUT2D eigenvalue weighted by atomic mass is 16.7. The van der Waals surface area contributed by atoms with Gasteiger partial charge in [-0.15, -0.1) is 0 Å². The quantitative estimate of drug-likeness (QED) is 0.548. The van der Waals surface area contributed by atoms with Crippen molar-refractivity contribution in [2.45, 2.75) is 13.1 Å². The van der Waals surface area contributed by atoms with Crippen molar-refractivity contribution < 1.29 is 18.9 Å². The lowest BCUT2D eigenvalue weighted by molar-refractivity contribution is 0.173. The Kier molecular flexibility index (Phi) is 5.93. The fourth-order valence-electron chi connectivity index (χ4n) is 3.05. The van der Waals surface area contributed by atoms with Crippen LogP contribution in [0.4, 0.5) is 0 Å². The molecule has 0 unspecified atom stereocenters. The van der Waals surface area contributed by atoms with Gasteiger partial charge in [0, 0.05) is 39.3 Å². The summed E-state index contributed by atoms with van der Waals surface area (Å²) in [6.07, 6.45) is 0. The molecule has 0 aromatic heterocycles. The number of benzene rings is 2. The number of rotatable bonds is 10. The van der Waals surface area contributed by atoms with Crippen molar-refractivity contribution in [3.05, 3.63) is 47.5 Å². The van der Waals surface area contributed by atoms with Crippen LogP contribution in [0.25, 0.3) is 0 Å². The summed E-state index contributed by atoms with van der Waals surface area (Å²) >= 11 is 0. The van der Waals surface area contributed by atoms with Crippen molar-refractivity contribution in [3.63, 3.8) is 0 Å². The molecular weight excluding hydrogens is 346 g/mol. The first kappa shape index (κ1) is 17.9. The van der Waals surface area contributed by atoms with Crippen LogP contribution in [0.1, 0.15) is 11.1 Å². The third kappa shape index (κ3) is 4.82. The largest absolute Gasteiger partial charge is 0.454 e. The van der Waals surface area contributed by atoms with Crippen LogP contribution in [0.15, 0.2) is 36.4 Å². The number of hydrogen-bond acceptors (Lipinski definition) is 7. The van der Waals surface area contributed by atoms with Gasteiger partial charge in [0.05, 0.1) is 0 Å². The first-order valence-electron chi connectivity index (χ1n) is 9.28. The van der Waals surface area contributed by atoms with E-state index in [1.54, 1.807) is 0 Å². The van der Waals surface area contributed by atoms with Crippen LogP contribution < -0.4 is 34.9 Å². The summed E-state index contributed by atoms with van der Waals surface area (Å²) in [5.41, 5.74) is 2.40. The zero-order chi connectivity index (χ0) is 18.3. The molecule has 0 fully saturated rings. The molecule has 2 heterocycles. The van der Waals surface area contributed by atoms with Crippen molar-refractivity contribution in [3.8, 4) is 23.0 Å². The highest BCUT2D eigenvalue weighted by Gasteiger charge is 2.13. The van der Waals surface area contributed by atoms with Crippen LogP contribution in [-0.4, -0.2) is 39.8 Å². The molecule has 0 radical (unpaired) electrons. The van der Waals surface area contributed by atoms with E-state index in [9.17, 15) is 0 Å². The van der Waals surface area contributed by atoms with Gasteiger partial charge in [-0.25, -0.2) is 0 Å². The SMILES string of the molecule is c1cc2c(cc1CNCCNCCNCc1ccc3c(c1)OCO3)OCO2. The lowest BCUT2D eigenvalue weighted by Gasteiger charge is -2.09. The molecule has 7 nitrogen and oxygen atoms in total. The molecule has 3 N–H and O–H groups in total. The van der Waals surface area contributed by atoms with Gasteiger partial charge in [-0.05, 0) is 35.4 Å². The Balaban J connectivity index is 1.04. The fraction of sp³-hybridized carbons (Fsp3) is 0.400. The molecule has 144 valence electrons. The van der Waals surface area contributed by atoms with Gasteiger partial charge in [0.2, 0.25) is 13.6 Å². The minimum Gasteiger partial charge on any atom is -0.454 e. The zero-order valence-electron chi connectivity index (χ0n) is 15.3. The van der Waals surface area contributed by atoms with Crippen molar-refractivity contribution in [1.82, 2.24) is 16.0 Å². The monoisotopic (exact) mass is 371 g/mol. The second kappa shape index (κ2) is 8.94. The third-order valence-corrected chi connectivity index (χ3v) is 4.49. The molecule has 0 aliphatic carbocycles. The highest BCUT2D eigenvalue weighted by Crippen LogP contribution is 2.33. The van der Waals surface area contributed by atoms with Crippen LogP contribution in [0.2, 0.25) is 0 Å². The van der Waals surface area contributed by atoms with Gasteiger partial charge in [0.15, 0.2) is 23.0 Å². The van der Waals surface area contributed by atoms with Gasteiger partial charge in [0.25, 0.3) is 0 Å². The lowest BCUT2D eigenvalue weighted by atomic mass is 10.2. The molecule has 0 atom stereocenters. The molecule has 0 amide bonds. The van der Waals surface area contributed by atoms with E-state index >= 15 is 0 Å². The Bertz CT molecular complexity index is 705. The maximum atomic E-state index is 5.39. The van der Waals surface area contributed by atoms with Gasteiger partial charge in [-0.1, -0.05) is 12.1 Å². The molecule has 2 aliphatic heterocycles. The molecule has 7 heteroatoms. The summed E-state index contributed by atoms with van der Waals surface area (Å²) in [5, 5.41) is 10.3. The molecule has 0 saturated heterocycles. The van der Waals surface area contributed by atoms with Gasteiger partial charge >= 0.3 is 0 Å². The molecule has 0 spiro atoms. The predicted octanol–water partition coefficient (Wildman–Crippen LogP) is 1.61. The average molecular weight is 371 g/mol. The Morgan fingerprint density at radius 1 is 0.556 bits per heavy atom. The van der Waals surface area contributed by atoms with Crippen molar-refractivity contribution in [1.29, 1.82) is 0 Å². The predicted molar refractivity (Wildman–Crippen MR) is 101 cm³/mol. The van der Waals surface area contributed by atoms with Crippen LogP contribution >= 0.6 is 0 Å². The standard InChI is InChI=1S/C20H25N3O4/c1-3-17-19(26-13-24-17)9-15(1)11-22-7-5-21-6-8-23-12-16-2-4-18-20(10-16)27-14-25-18/h1-4,9-10,21-23H,5-8,11-14H2. The molecule has 4 rings (SSSR count). The number of nitrogens with one attached hydrogen (secondary N) is 3. The van der Waals surface area contributed by atoms with Gasteiger partial charge in [-0.2, -0.15) is 0 Å². The summed E-state index contributed by atoms with van der Waals surface area (Å²) in [5.74, 6) is 3.32. The molecular formula is C20H25N3O4. The van der Waals surface area contributed by atoms with Gasteiger partial charge in [-0.3, -0.25) is 0 Å². The first-order valence-corrected chi connectivity index (χ1v) is 9.28. The van der Waals surface area contributed by atoms with E-state index < -0.39 is 0 Å². The average Bonchev–Trinajstić information content (AvgIpc) is 3.34. The summed E-state index contributed by atoms with van der Waals surface area (Å²) in [6, 6.07) is 12.1. The molecule has 2 aromatic rings. The lowest BCUT2D eigenvalue weighted by Crippen LogP contribution is -2.32. The molecule has 2 aliphatic rings. The molecule has 27 heavy (non-hydrogen) atoms. The van der Waals surface area contributed by atoms with Crippen molar-refractivity contribution in [2.24, 2.45) is 0 Å². The van der Waals surface area contributed by atoms with Crippen molar-refractivity contribution in [2.75, 3.05) is 39.8 Å². The van der Waals surface area contributed by atoms with E-state index in [2.05, 4.69) is 28.1 Å². The Labute approximate surface area is 159 Å². The second-order valence-electron chi connectivity index (χ2n) is 6.48. The molecule has 2 aromatic carbocycles. The summed E-state index contributed by atoms with van der Waals surface area (Å²) in [4.78, 5) is 0. The van der Waals surface area contributed by atoms with E-state index in [-0.39, 0.29) is 0 Å².